The highest BCUT2D eigenvalue weighted by molar-refractivity contribution is 5.83. The Hall–Kier alpha value is -0.570. The van der Waals surface area contributed by atoms with Gasteiger partial charge in [-0.1, -0.05) is 6.92 Å². The van der Waals surface area contributed by atoms with E-state index in [1.165, 1.54) is 4.90 Å². The molecule has 0 spiro atoms. The molecule has 1 amide bonds. The number of amides is 1. The van der Waals surface area contributed by atoms with Crippen LogP contribution in [0.3, 0.4) is 0 Å². The Morgan fingerprint density at radius 3 is 2.56 bits per heavy atom. The molecular formula is C6H10NO2. The third-order valence-electron chi connectivity index (χ3n) is 1.61. The van der Waals surface area contributed by atoms with Crippen molar-refractivity contribution in [2.75, 3.05) is 6.54 Å². The second kappa shape index (κ2) is 1.99. The van der Waals surface area contributed by atoms with Crippen molar-refractivity contribution in [1.82, 2.24) is 4.90 Å². The van der Waals surface area contributed by atoms with Crippen molar-refractivity contribution in [2.45, 2.75) is 13.0 Å². The molecule has 3 heteroatoms. The summed E-state index contributed by atoms with van der Waals surface area (Å²) in [6, 6.07) is 0. The lowest BCUT2D eigenvalue weighted by atomic mass is 10.1. The van der Waals surface area contributed by atoms with E-state index in [1.54, 1.807) is 0 Å². The number of rotatable bonds is 0. The van der Waals surface area contributed by atoms with E-state index in [1.807, 2.05) is 6.92 Å². The zero-order valence-electron chi connectivity index (χ0n) is 5.37. The SMILES string of the molecule is [CH2]N1C[C@@H](C)[C@H](O)C1=O. The number of carbonyl (C=O) groups is 1. The van der Waals surface area contributed by atoms with Gasteiger partial charge in [0.05, 0.1) is 0 Å². The predicted molar refractivity (Wildman–Crippen MR) is 32.2 cm³/mol. The first kappa shape index (κ1) is 6.55. The molecule has 9 heavy (non-hydrogen) atoms. The lowest BCUT2D eigenvalue weighted by molar-refractivity contribution is -0.133. The van der Waals surface area contributed by atoms with Gasteiger partial charge in [0.25, 0.3) is 5.91 Å². The average Bonchev–Trinajstić information content (AvgIpc) is 1.98. The van der Waals surface area contributed by atoms with Crippen LogP contribution in [-0.4, -0.2) is 28.6 Å². The van der Waals surface area contributed by atoms with Crippen molar-refractivity contribution in [1.29, 1.82) is 0 Å². The van der Waals surface area contributed by atoms with Crippen LogP contribution in [-0.2, 0) is 4.79 Å². The Labute approximate surface area is 54.3 Å². The van der Waals surface area contributed by atoms with Crippen LogP contribution >= 0.6 is 0 Å². The van der Waals surface area contributed by atoms with Crippen LogP contribution in [0.15, 0.2) is 0 Å². The monoisotopic (exact) mass is 128 g/mol. The van der Waals surface area contributed by atoms with Crippen molar-refractivity contribution < 1.29 is 9.90 Å². The fourth-order valence-corrected chi connectivity index (χ4v) is 0.968. The van der Waals surface area contributed by atoms with Crippen molar-refractivity contribution in [2.24, 2.45) is 5.92 Å². The van der Waals surface area contributed by atoms with Crippen LogP contribution in [0.4, 0.5) is 0 Å². The third kappa shape index (κ3) is 0.920. The van der Waals surface area contributed by atoms with Gasteiger partial charge in [0.1, 0.15) is 6.10 Å². The Morgan fingerprint density at radius 1 is 1.89 bits per heavy atom. The van der Waals surface area contributed by atoms with E-state index >= 15 is 0 Å². The summed E-state index contributed by atoms with van der Waals surface area (Å²) in [7, 11) is 3.44. The Bertz CT molecular complexity index is 135. The van der Waals surface area contributed by atoms with Gasteiger partial charge in [-0.25, -0.2) is 0 Å². The molecule has 1 aliphatic heterocycles. The maximum Gasteiger partial charge on any atom is 0.251 e. The lowest BCUT2D eigenvalue weighted by Crippen LogP contribution is -2.24. The van der Waals surface area contributed by atoms with Gasteiger partial charge in [0, 0.05) is 19.5 Å². The molecule has 0 unspecified atom stereocenters. The minimum Gasteiger partial charge on any atom is -0.383 e. The fourth-order valence-electron chi connectivity index (χ4n) is 0.968. The first-order valence-electron chi connectivity index (χ1n) is 2.93. The molecule has 3 nitrogen and oxygen atoms in total. The molecule has 0 aromatic carbocycles. The topological polar surface area (TPSA) is 40.5 Å². The molecule has 1 saturated heterocycles. The van der Waals surface area contributed by atoms with Gasteiger partial charge in [-0.15, -0.1) is 0 Å². The van der Waals surface area contributed by atoms with Crippen LogP contribution in [0.5, 0.6) is 0 Å². The number of hydrogen-bond acceptors (Lipinski definition) is 2. The molecule has 0 aromatic heterocycles. The zero-order valence-corrected chi connectivity index (χ0v) is 5.37. The molecule has 0 aliphatic carbocycles. The molecule has 1 aliphatic rings. The number of likely N-dealkylation sites (tertiary alicyclic amines) is 1. The third-order valence-corrected chi connectivity index (χ3v) is 1.61. The molecule has 0 saturated carbocycles. The van der Waals surface area contributed by atoms with Gasteiger partial charge < -0.3 is 10.0 Å². The van der Waals surface area contributed by atoms with Crippen LogP contribution in [0, 0.1) is 13.0 Å². The number of aliphatic hydroxyl groups is 1. The second-order valence-corrected chi connectivity index (χ2v) is 2.48. The Kier molecular flexibility index (Phi) is 1.45. The van der Waals surface area contributed by atoms with E-state index in [4.69, 9.17) is 5.11 Å². The van der Waals surface area contributed by atoms with Gasteiger partial charge in [-0.2, -0.15) is 0 Å². The minimum absolute atomic E-state index is 0.0370. The molecule has 1 rings (SSSR count). The van der Waals surface area contributed by atoms with E-state index < -0.39 is 6.10 Å². The number of carbonyl (C=O) groups excluding carboxylic acids is 1. The minimum atomic E-state index is -0.817. The van der Waals surface area contributed by atoms with Crippen LogP contribution in [0.1, 0.15) is 6.92 Å². The number of nitrogens with zero attached hydrogens (tertiary/aromatic N) is 1. The molecular weight excluding hydrogens is 118 g/mol. The molecule has 0 bridgehead atoms. The van der Waals surface area contributed by atoms with Crippen LogP contribution in [0.2, 0.25) is 0 Å². The number of aliphatic hydroxyl groups excluding tert-OH is 1. The Balaban J connectivity index is 2.65. The van der Waals surface area contributed by atoms with Crippen LogP contribution < -0.4 is 0 Å². The average molecular weight is 128 g/mol. The van der Waals surface area contributed by atoms with Crippen molar-refractivity contribution in [3.05, 3.63) is 7.05 Å². The summed E-state index contributed by atoms with van der Waals surface area (Å²) in [5, 5.41) is 9.01. The van der Waals surface area contributed by atoms with E-state index in [2.05, 4.69) is 7.05 Å². The van der Waals surface area contributed by atoms with Gasteiger partial charge in [-0.3, -0.25) is 4.79 Å². The molecule has 1 heterocycles. The highest BCUT2D eigenvalue weighted by Crippen LogP contribution is 2.15. The van der Waals surface area contributed by atoms with Gasteiger partial charge in [0.15, 0.2) is 0 Å². The van der Waals surface area contributed by atoms with Gasteiger partial charge >= 0.3 is 0 Å². The molecule has 1 fully saturated rings. The first-order chi connectivity index (χ1) is 4.13. The van der Waals surface area contributed by atoms with Gasteiger partial charge in [0.2, 0.25) is 0 Å². The van der Waals surface area contributed by atoms with Crippen molar-refractivity contribution in [3.63, 3.8) is 0 Å². The zero-order chi connectivity index (χ0) is 7.02. The smallest absolute Gasteiger partial charge is 0.251 e. The molecule has 51 valence electrons. The summed E-state index contributed by atoms with van der Waals surface area (Å²) in [4.78, 5) is 12.0. The first-order valence-corrected chi connectivity index (χ1v) is 2.93. The van der Waals surface area contributed by atoms with E-state index in [0.717, 1.165) is 0 Å². The van der Waals surface area contributed by atoms with Gasteiger partial charge in [-0.05, 0) is 0 Å². The summed E-state index contributed by atoms with van der Waals surface area (Å²) in [6.45, 7) is 2.40. The lowest BCUT2D eigenvalue weighted by Gasteiger charge is -2.04. The Morgan fingerprint density at radius 2 is 2.44 bits per heavy atom. The highest BCUT2D eigenvalue weighted by Gasteiger charge is 2.33. The van der Waals surface area contributed by atoms with E-state index in [9.17, 15) is 4.79 Å². The maximum absolute atomic E-state index is 10.7. The molecule has 1 N–H and O–H groups in total. The second-order valence-electron chi connectivity index (χ2n) is 2.48. The molecule has 1 radical (unpaired) electrons. The quantitative estimate of drug-likeness (QED) is 0.483. The summed E-state index contributed by atoms with van der Waals surface area (Å²) in [6.07, 6.45) is -0.817. The fraction of sp³-hybridized carbons (Fsp3) is 0.667. The summed E-state index contributed by atoms with van der Waals surface area (Å²) in [5.74, 6) is -0.225. The normalized spacial score (nSPS) is 35.9. The van der Waals surface area contributed by atoms with Crippen molar-refractivity contribution >= 4 is 5.91 Å². The standard InChI is InChI=1S/C6H10NO2/c1-4-3-7(2)6(9)5(4)8/h4-5,8H,2-3H2,1H3/t4-,5+/m1/s1. The molecule has 2 atom stereocenters. The summed E-state index contributed by atoms with van der Waals surface area (Å²) in [5.41, 5.74) is 0. The maximum atomic E-state index is 10.7. The largest absolute Gasteiger partial charge is 0.383 e. The highest BCUT2D eigenvalue weighted by atomic mass is 16.3. The summed E-state index contributed by atoms with van der Waals surface area (Å²) >= 11 is 0. The van der Waals surface area contributed by atoms with E-state index in [0.29, 0.717) is 6.54 Å². The predicted octanol–water partition coefficient (Wildman–Crippen LogP) is -0.383. The van der Waals surface area contributed by atoms with Crippen molar-refractivity contribution in [3.8, 4) is 0 Å². The van der Waals surface area contributed by atoms with Crippen LogP contribution in [0.25, 0.3) is 0 Å². The van der Waals surface area contributed by atoms with E-state index in [-0.39, 0.29) is 11.8 Å². The molecule has 0 aromatic rings. The number of hydrogen-bond donors (Lipinski definition) is 1. The summed E-state index contributed by atoms with van der Waals surface area (Å²) < 4.78 is 0.